The molecule has 16 heavy (non-hydrogen) atoms. The molecule has 0 aliphatic heterocycles. The van der Waals surface area contributed by atoms with Gasteiger partial charge in [-0.2, -0.15) is 0 Å². The van der Waals surface area contributed by atoms with E-state index >= 15 is 0 Å². The van der Waals surface area contributed by atoms with Crippen LogP contribution < -0.4 is 10.5 Å². The van der Waals surface area contributed by atoms with E-state index in [4.69, 9.17) is 17.3 Å². The maximum atomic E-state index is 11.5. The lowest BCUT2D eigenvalue weighted by Gasteiger charge is -2.07. The van der Waals surface area contributed by atoms with E-state index in [1.165, 1.54) is 0 Å². The zero-order valence-corrected chi connectivity index (χ0v) is 10.4. The second kappa shape index (κ2) is 6.20. The quantitative estimate of drug-likeness (QED) is 0.807. The van der Waals surface area contributed by atoms with Crippen molar-refractivity contribution >= 4 is 21.6 Å². The highest BCUT2D eigenvalue weighted by atomic mass is 35.5. The third kappa shape index (κ3) is 4.49. The third-order valence-electron chi connectivity index (χ3n) is 2.06. The molecule has 0 heterocycles. The van der Waals surface area contributed by atoms with Gasteiger partial charge in [0.1, 0.15) is 0 Å². The minimum atomic E-state index is -3.25. The first kappa shape index (κ1) is 13.4. The van der Waals surface area contributed by atoms with Gasteiger partial charge in [0, 0.05) is 11.6 Å². The van der Waals surface area contributed by atoms with Gasteiger partial charge in [0.25, 0.3) is 0 Å². The fourth-order valence-electron chi connectivity index (χ4n) is 1.17. The summed E-state index contributed by atoms with van der Waals surface area (Å²) < 4.78 is 25.4. The van der Waals surface area contributed by atoms with Gasteiger partial charge < -0.3 is 5.73 Å². The number of benzene rings is 1. The third-order valence-corrected chi connectivity index (χ3v) is 3.84. The molecule has 0 aromatic heterocycles. The summed E-state index contributed by atoms with van der Waals surface area (Å²) in [5.74, 6) is 0.0496. The fourth-order valence-corrected chi connectivity index (χ4v) is 2.44. The average molecular weight is 263 g/mol. The summed E-state index contributed by atoms with van der Waals surface area (Å²) in [6.45, 7) is 0.583. The van der Waals surface area contributed by atoms with Crippen molar-refractivity contribution in [2.45, 2.75) is 13.0 Å². The first-order chi connectivity index (χ1) is 7.55. The molecule has 1 aromatic rings. The van der Waals surface area contributed by atoms with Crippen LogP contribution in [0.5, 0.6) is 0 Å². The van der Waals surface area contributed by atoms with E-state index in [2.05, 4.69) is 4.72 Å². The van der Waals surface area contributed by atoms with E-state index in [9.17, 15) is 8.42 Å². The molecule has 0 fully saturated rings. The first-order valence-corrected chi connectivity index (χ1v) is 6.99. The number of rotatable bonds is 6. The lowest BCUT2D eigenvalue weighted by molar-refractivity contribution is 0.579. The molecular formula is C10H15ClN2O2S. The molecular weight excluding hydrogens is 248 g/mol. The topological polar surface area (TPSA) is 72.2 Å². The maximum Gasteiger partial charge on any atom is 0.211 e. The Morgan fingerprint density at radius 1 is 1.31 bits per heavy atom. The molecule has 0 amide bonds. The van der Waals surface area contributed by atoms with E-state index in [0.717, 1.165) is 5.56 Å². The molecule has 90 valence electrons. The molecule has 1 rings (SSSR count). The van der Waals surface area contributed by atoms with E-state index < -0.39 is 10.0 Å². The normalized spacial score (nSPS) is 11.6. The van der Waals surface area contributed by atoms with E-state index in [1.54, 1.807) is 18.2 Å². The Balaban J connectivity index is 2.55. The van der Waals surface area contributed by atoms with Crippen LogP contribution in [0.25, 0.3) is 0 Å². The second-order valence-electron chi connectivity index (χ2n) is 3.37. The SMILES string of the molecule is NCCCS(=O)(=O)NCc1ccccc1Cl. The zero-order valence-electron chi connectivity index (χ0n) is 8.82. The molecule has 0 atom stereocenters. The molecule has 6 heteroatoms. The molecule has 0 radical (unpaired) electrons. The van der Waals surface area contributed by atoms with Crippen LogP contribution in [-0.4, -0.2) is 20.7 Å². The summed E-state index contributed by atoms with van der Waals surface area (Å²) in [6.07, 6.45) is 0.456. The van der Waals surface area contributed by atoms with Gasteiger partial charge in [-0.3, -0.25) is 0 Å². The van der Waals surface area contributed by atoms with Crippen molar-refractivity contribution in [2.75, 3.05) is 12.3 Å². The molecule has 0 bridgehead atoms. The summed E-state index contributed by atoms with van der Waals surface area (Å²) in [6, 6.07) is 7.13. The number of nitrogens with one attached hydrogen (secondary N) is 1. The largest absolute Gasteiger partial charge is 0.330 e. The lowest BCUT2D eigenvalue weighted by Crippen LogP contribution is -2.27. The van der Waals surface area contributed by atoms with Crippen LogP contribution in [0.2, 0.25) is 5.02 Å². The Morgan fingerprint density at radius 2 is 2.00 bits per heavy atom. The van der Waals surface area contributed by atoms with Crippen molar-refractivity contribution in [1.82, 2.24) is 4.72 Å². The Kier molecular flexibility index (Phi) is 5.21. The van der Waals surface area contributed by atoms with E-state index in [-0.39, 0.29) is 12.3 Å². The molecule has 4 nitrogen and oxygen atoms in total. The van der Waals surface area contributed by atoms with Crippen molar-refractivity contribution in [3.8, 4) is 0 Å². The van der Waals surface area contributed by atoms with Crippen LogP contribution in [0, 0.1) is 0 Å². The molecule has 0 spiro atoms. The summed E-state index contributed by atoms with van der Waals surface area (Å²) in [4.78, 5) is 0. The summed E-state index contributed by atoms with van der Waals surface area (Å²) in [5.41, 5.74) is 6.02. The molecule has 0 saturated carbocycles. The standard InChI is InChI=1S/C10H15ClN2O2S/c11-10-5-2-1-4-9(10)8-13-16(14,15)7-3-6-12/h1-2,4-5,13H,3,6-8,12H2. The minimum Gasteiger partial charge on any atom is -0.330 e. The predicted molar refractivity (Wildman–Crippen MR) is 65.7 cm³/mol. The number of hydrogen-bond acceptors (Lipinski definition) is 3. The van der Waals surface area contributed by atoms with E-state index in [0.29, 0.717) is 18.0 Å². The van der Waals surface area contributed by atoms with Gasteiger partial charge in [-0.05, 0) is 24.6 Å². The fraction of sp³-hybridized carbons (Fsp3) is 0.400. The number of nitrogens with two attached hydrogens (primary N) is 1. The number of halogens is 1. The first-order valence-electron chi connectivity index (χ1n) is 4.96. The molecule has 0 unspecified atom stereocenters. The maximum absolute atomic E-state index is 11.5. The highest BCUT2D eigenvalue weighted by Crippen LogP contribution is 2.14. The number of sulfonamides is 1. The van der Waals surface area contributed by atoms with Crippen molar-refractivity contribution in [3.63, 3.8) is 0 Å². The van der Waals surface area contributed by atoms with Gasteiger partial charge in [0.2, 0.25) is 10.0 Å². The Hall–Kier alpha value is -0.620. The molecule has 0 saturated heterocycles. The van der Waals surface area contributed by atoms with E-state index in [1.807, 2.05) is 6.07 Å². The smallest absolute Gasteiger partial charge is 0.211 e. The zero-order chi connectivity index (χ0) is 12.0. The molecule has 3 N–H and O–H groups in total. The monoisotopic (exact) mass is 262 g/mol. The van der Waals surface area contributed by atoms with Gasteiger partial charge in [-0.1, -0.05) is 29.8 Å². The Morgan fingerprint density at radius 3 is 2.62 bits per heavy atom. The second-order valence-corrected chi connectivity index (χ2v) is 5.71. The van der Waals surface area contributed by atoms with Crippen LogP contribution >= 0.6 is 11.6 Å². The number of hydrogen-bond donors (Lipinski definition) is 2. The van der Waals surface area contributed by atoms with Crippen molar-refractivity contribution in [3.05, 3.63) is 34.9 Å². The lowest BCUT2D eigenvalue weighted by atomic mass is 10.2. The van der Waals surface area contributed by atoms with Gasteiger partial charge in [0.05, 0.1) is 5.75 Å². The van der Waals surface area contributed by atoms with Gasteiger partial charge in [-0.15, -0.1) is 0 Å². The van der Waals surface area contributed by atoms with Crippen LogP contribution in [0.3, 0.4) is 0 Å². The van der Waals surface area contributed by atoms with Gasteiger partial charge in [0.15, 0.2) is 0 Å². The van der Waals surface area contributed by atoms with Crippen LogP contribution in [0.15, 0.2) is 24.3 Å². The minimum absolute atomic E-state index is 0.0496. The Labute approximate surface area is 101 Å². The highest BCUT2D eigenvalue weighted by molar-refractivity contribution is 7.89. The van der Waals surface area contributed by atoms with Crippen LogP contribution in [-0.2, 0) is 16.6 Å². The molecule has 0 aliphatic carbocycles. The molecule has 0 aliphatic rings. The van der Waals surface area contributed by atoms with Crippen molar-refractivity contribution < 1.29 is 8.42 Å². The van der Waals surface area contributed by atoms with Crippen LogP contribution in [0.4, 0.5) is 0 Å². The predicted octanol–water partition coefficient (Wildman–Crippen LogP) is 1.11. The Bertz CT molecular complexity index is 434. The van der Waals surface area contributed by atoms with Gasteiger partial charge >= 0.3 is 0 Å². The summed E-state index contributed by atoms with van der Waals surface area (Å²) >= 11 is 5.90. The summed E-state index contributed by atoms with van der Waals surface area (Å²) in [7, 11) is -3.25. The van der Waals surface area contributed by atoms with Crippen molar-refractivity contribution in [2.24, 2.45) is 5.73 Å². The average Bonchev–Trinajstić information content (AvgIpc) is 2.26. The van der Waals surface area contributed by atoms with Crippen LogP contribution in [0.1, 0.15) is 12.0 Å². The highest BCUT2D eigenvalue weighted by Gasteiger charge is 2.09. The van der Waals surface area contributed by atoms with Gasteiger partial charge in [-0.25, -0.2) is 13.1 Å². The summed E-state index contributed by atoms with van der Waals surface area (Å²) in [5, 5.41) is 0.559. The van der Waals surface area contributed by atoms with Crippen molar-refractivity contribution in [1.29, 1.82) is 0 Å². The molecule has 1 aromatic carbocycles.